The van der Waals surface area contributed by atoms with Crippen molar-refractivity contribution in [1.82, 2.24) is 10.2 Å². The number of carbonyl (C=O) groups excluding carboxylic acids is 1. The summed E-state index contributed by atoms with van der Waals surface area (Å²) in [7, 11) is 1.92. The van der Waals surface area contributed by atoms with E-state index in [1.807, 2.05) is 7.05 Å². The van der Waals surface area contributed by atoms with Crippen LogP contribution in [0.5, 0.6) is 0 Å². The summed E-state index contributed by atoms with van der Waals surface area (Å²) in [5, 5.41) is 5.58. The normalized spacial score (nSPS) is 19.5. The lowest BCUT2D eigenvalue weighted by Crippen LogP contribution is -2.42. The van der Waals surface area contributed by atoms with Gasteiger partial charge in [-0.25, -0.2) is 8.78 Å². The number of carbonyl (C=O) groups is 1. The third-order valence-electron chi connectivity index (χ3n) is 3.67. The molecular formula is C15H21F2N3O. The molecule has 0 saturated carbocycles. The van der Waals surface area contributed by atoms with Gasteiger partial charge in [-0.2, -0.15) is 0 Å². The average molecular weight is 297 g/mol. The van der Waals surface area contributed by atoms with Gasteiger partial charge in [0.2, 0.25) is 5.91 Å². The Hall–Kier alpha value is -1.53. The van der Waals surface area contributed by atoms with Gasteiger partial charge in [0, 0.05) is 12.6 Å². The van der Waals surface area contributed by atoms with Crippen LogP contribution in [0.4, 0.5) is 14.5 Å². The standard InChI is InChI=1S/C15H21F2N3O/c1-18-8-11-3-2-6-20(9-11)10-15(21)19-14-7-12(16)4-5-13(14)17/h4-5,7,11,18H,2-3,6,8-10H2,1H3,(H,19,21). The molecule has 1 atom stereocenters. The quantitative estimate of drug-likeness (QED) is 0.871. The highest BCUT2D eigenvalue weighted by atomic mass is 19.1. The van der Waals surface area contributed by atoms with Crippen LogP contribution in [0.3, 0.4) is 0 Å². The van der Waals surface area contributed by atoms with Gasteiger partial charge in [-0.3, -0.25) is 9.69 Å². The number of hydrogen-bond donors (Lipinski definition) is 2. The van der Waals surface area contributed by atoms with Crippen molar-refractivity contribution < 1.29 is 13.6 Å². The lowest BCUT2D eigenvalue weighted by Gasteiger charge is -2.32. The number of hydrogen-bond acceptors (Lipinski definition) is 3. The minimum Gasteiger partial charge on any atom is -0.322 e. The molecule has 2 N–H and O–H groups in total. The Bertz CT molecular complexity index is 494. The highest BCUT2D eigenvalue weighted by Crippen LogP contribution is 2.17. The Morgan fingerprint density at radius 3 is 3.00 bits per heavy atom. The third-order valence-corrected chi connectivity index (χ3v) is 3.67. The molecule has 1 aliphatic rings. The minimum atomic E-state index is -0.628. The molecule has 1 amide bonds. The van der Waals surface area contributed by atoms with Gasteiger partial charge in [0.05, 0.1) is 12.2 Å². The van der Waals surface area contributed by atoms with E-state index in [1.165, 1.54) is 0 Å². The van der Waals surface area contributed by atoms with Crippen LogP contribution in [-0.4, -0.2) is 44.0 Å². The first-order valence-corrected chi connectivity index (χ1v) is 7.20. The Morgan fingerprint density at radius 1 is 1.43 bits per heavy atom. The fraction of sp³-hybridized carbons (Fsp3) is 0.533. The summed E-state index contributed by atoms with van der Waals surface area (Å²) in [6.45, 7) is 2.84. The number of amides is 1. The molecule has 116 valence electrons. The molecule has 1 aliphatic heterocycles. The second-order valence-corrected chi connectivity index (χ2v) is 5.47. The van der Waals surface area contributed by atoms with Crippen LogP contribution in [0.1, 0.15) is 12.8 Å². The molecular weight excluding hydrogens is 276 g/mol. The van der Waals surface area contributed by atoms with E-state index >= 15 is 0 Å². The van der Waals surface area contributed by atoms with E-state index in [1.54, 1.807) is 0 Å². The molecule has 1 fully saturated rings. The maximum atomic E-state index is 13.5. The zero-order valence-electron chi connectivity index (χ0n) is 12.2. The fourth-order valence-electron chi connectivity index (χ4n) is 2.74. The van der Waals surface area contributed by atoms with Crippen molar-refractivity contribution in [2.75, 3.05) is 38.5 Å². The van der Waals surface area contributed by atoms with Crippen LogP contribution < -0.4 is 10.6 Å². The zero-order valence-corrected chi connectivity index (χ0v) is 12.2. The average Bonchev–Trinajstić information content (AvgIpc) is 2.43. The molecule has 1 saturated heterocycles. The van der Waals surface area contributed by atoms with Crippen molar-refractivity contribution in [3.8, 4) is 0 Å². The number of halogens is 2. The molecule has 21 heavy (non-hydrogen) atoms. The van der Waals surface area contributed by atoms with Gasteiger partial charge in [-0.05, 0) is 51.0 Å². The van der Waals surface area contributed by atoms with Gasteiger partial charge in [-0.15, -0.1) is 0 Å². The number of anilines is 1. The fourth-order valence-corrected chi connectivity index (χ4v) is 2.74. The number of rotatable bonds is 5. The van der Waals surface area contributed by atoms with Crippen molar-refractivity contribution in [2.24, 2.45) is 5.92 Å². The van der Waals surface area contributed by atoms with Gasteiger partial charge in [0.15, 0.2) is 0 Å². The SMILES string of the molecule is CNCC1CCCN(CC(=O)Nc2cc(F)ccc2F)C1. The lowest BCUT2D eigenvalue weighted by atomic mass is 9.98. The van der Waals surface area contributed by atoms with E-state index in [0.717, 1.165) is 50.7 Å². The Labute approximate surface area is 123 Å². The molecule has 4 nitrogen and oxygen atoms in total. The molecule has 2 rings (SSSR count). The molecule has 0 radical (unpaired) electrons. The first-order chi connectivity index (χ1) is 10.1. The van der Waals surface area contributed by atoms with Gasteiger partial charge < -0.3 is 10.6 Å². The summed E-state index contributed by atoms with van der Waals surface area (Å²) in [6, 6.07) is 3.03. The van der Waals surface area contributed by atoms with Crippen LogP contribution in [0.25, 0.3) is 0 Å². The lowest BCUT2D eigenvalue weighted by molar-refractivity contribution is -0.117. The molecule has 1 heterocycles. The van der Waals surface area contributed by atoms with Crippen molar-refractivity contribution in [1.29, 1.82) is 0 Å². The van der Waals surface area contributed by atoms with Crippen LogP contribution in [0.2, 0.25) is 0 Å². The second-order valence-electron chi connectivity index (χ2n) is 5.47. The minimum absolute atomic E-state index is 0.108. The highest BCUT2D eigenvalue weighted by molar-refractivity contribution is 5.92. The topological polar surface area (TPSA) is 44.4 Å². The first kappa shape index (κ1) is 15.9. The van der Waals surface area contributed by atoms with E-state index in [0.29, 0.717) is 5.92 Å². The molecule has 1 aromatic rings. The van der Waals surface area contributed by atoms with Crippen molar-refractivity contribution >= 4 is 11.6 Å². The van der Waals surface area contributed by atoms with Gasteiger partial charge in [0.1, 0.15) is 11.6 Å². The van der Waals surface area contributed by atoms with E-state index in [9.17, 15) is 13.6 Å². The van der Waals surface area contributed by atoms with Crippen LogP contribution >= 0.6 is 0 Å². The largest absolute Gasteiger partial charge is 0.322 e. The van der Waals surface area contributed by atoms with Gasteiger partial charge in [0.25, 0.3) is 0 Å². The highest BCUT2D eigenvalue weighted by Gasteiger charge is 2.21. The maximum Gasteiger partial charge on any atom is 0.238 e. The zero-order chi connectivity index (χ0) is 15.2. The monoisotopic (exact) mass is 297 g/mol. The van der Waals surface area contributed by atoms with Crippen molar-refractivity contribution in [3.63, 3.8) is 0 Å². The van der Waals surface area contributed by atoms with Crippen LogP contribution in [0.15, 0.2) is 18.2 Å². The summed E-state index contributed by atoms with van der Waals surface area (Å²) >= 11 is 0. The number of nitrogens with one attached hydrogen (secondary N) is 2. The van der Waals surface area contributed by atoms with Crippen LogP contribution in [0, 0.1) is 17.6 Å². The summed E-state index contributed by atoms with van der Waals surface area (Å²) in [5.74, 6) is -0.984. The van der Waals surface area contributed by atoms with E-state index in [4.69, 9.17) is 0 Å². The predicted molar refractivity (Wildman–Crippen MR) is 78.1 cm³/mol. The van der Waals surface area contributed by atoms with E-state index < -0.39 is 11.6 Å². The van der Waals surface area contributed by atoms with Gasteiger partial charge in [-0.1, -0.05) is 0 Å². The molecule has 1 aromatic carbocycles. The first-order valence-electron chi connectivity index (χ1n) is 7.20. The number of piperidine rings is 1. The van der Waals surface area contributed by atoms with Gasteiger partial charge >= 0.3 is 0 Å². The third kappa shape index (κ3) is 4.75. The molecule has 0 aromatic heterocycles. The van der Waals surface area contributed by atoms with Crippen molar-refractivity contribution in [2.45, 2.75) is 12.8 Å². The maximum absolute atomic E-state index is 13.5. The van der Waals surface area contributed by atoms with Crippen LogP contribution in [-0.2, 0) is 4.79 Å². The van der Waals surface area contributed by atoms with E-state index in [2.05, 4.69) is 15.5 Å². The molecule has 1 unspecified atom stereocenters. The number of nitrogens with zero attached hydrogens (tertiary/aromatic N) is 1. The molecule has 0 spiro atoms. The Morgan fingerprint density at radius 2 is 2.24 bits per heavy atom. The smallest absolute Gasteiger partial charge is 0.238 e. The molecule has 0 bridgehead atoms. The molecule has 0 aliphatic carbocycles. The Balaban J connectivity index is 1.88. The second kappa shape index (κ2) is 7.47. The number of likely N-dealkylation sites (tertiary alicyclic amines) is 1. The summed E-state index contributed by atoms with van der Waals surface area (Å²) in [4.78, 5) is 14.0. The summed E-state index contributed by atoms with van der Waals surface area (Å²) < 4.78 is 26.5. The predicted octanol–water partition coefficient (Wildman–Crippen LogP) is 1.83. The Kier molecular flexibility index (Phi) is 5.64. The summed E-state index contributed by atoms with van der Waals surface area (Å²) in [6.07, 6.45) is 2.20. The molecule has 6 heteroatoms. The summed E-state index contributed by atoms with van der Waals surface area (Å²) in [5.41, 5.74) is -0.108. The number of benzene rings is 1. The van der Waals surface area contributed by atoms with E-state index in [-0.39, 0.29) is 18.1 Å². The van der Waals surface area contributed by atoms with Crippen molar-refractivity contribution in [3.05, 3.63) is 29.8 Å².